The summed E-state index contributed by atoms with van der Waals surface area (Å²) in [6.45, 7) is 2.72. The zero-order valence-corrected chi connectivity index (χ0v) is 16.6. The van der Waals surface area contributed by atoms with Crippen molar-refractivity contribution in [1.29, 1.82) is 0 Å². The molecule has 5 rings (SSSR count). The molecular formula is C22H18FN5O3. The molecule has 9 heteroatoms. The van der Waals surface area contributed by atoms with Crippen molar-refractivity contribution in [2.45, 2.75) is 13.0 Å². The zero-order chi connectivity index (χ0) is 21.4. The topological polar surface area (TPSA) is 90.6 Å². The third-order valence-electron chi connectivity index (χ3n) is 4.94. The standard InChI is InChI=1S/C22H18FN5O3/c1-13(25-22(29)14-6-7-18-19(10-14)31-9-8-30-18)21-26-20-11-17(24-12-28(20)27-21)15-4-2-3-5-16(15)23/h2-7,10-13H,8-9H2,1H3,(H,25,29)/t13-/m1/s1. The number of aromatic nitrogens is 4. The molecule has 0 saturated carbocycles. The van der Waals surface area contributed by atoms with Gasteiger partial charge < -0.3 is 14.8 Å². The van der Waals surface area contributed by atoms with Gasteiger partial charge in [-0.25, -0.2) is 18.9 Å². The van der Waals surface area contributed by atoms with Crippen LogP contribution in [0, 0.1) is 5.82 Å². The van der Waals surface area contributed by atoms with Crippen LogP contribution in [0.15, 0.2) is 54.9 Å². The van der Waals surface area contributed by atoms with Crippen molar-refractivity contribution in [3.63, 3.8) is 0 Å². The monoisotopic (exact) mass is 419 g/mol. The summed E-state index contributed by atoms with van der Waals surface area (Å²) in [6.07, 6.45) is 1.48. The molecule has 1 amide bonds. The van der Waals surface area contributed by atoms with Crippen LogP contribution in [0.2, 0.25) is 0 Å². The van der Waals surface area contributed by atoms with Crippen molar-refractivity contribution in [2.24, 2.45) is 0 Å². The average Bonchev–Trinajstić information content (AvgIpc) is 3.22. The number of amides is 1. The lowest BCUT2D eigenvalue weighted by Crippen LogP contribution is -2.27. The molecule has 1 aliphatic rings. The minimum atomic E-state index is -0.461. The molecule has 0 fully saturated rings. The van der Waals surface area contributed by atoms with Crippen molar-refractivity contribution in [3.8, 4) is 22.8 Å². The van der Waals surface area contributed by atoms with E-state index in [0.29, 0.717) is 53.0 Å². The fourth-order valence-corrected chi connectivity index (χ4v) is 3.34. The number of halogens is 1. The number of benzene rings is 2. The first kappa shape index (κ1) is 19.0. The molecule has 0 unspecified atom stereocenters. The van der Waals surface area contributed by atoms with Crippen LogP contribution in [-0.4, -0.2) is 38.7 Å². The van der Waals surface area contributed by atoms with Crippen molar-refractivity contribution in [1.82, 2.24) is 24.9 Å². The Hall–Kier alpha value is -4.01. The summed E-state index contributed by atoms with van der Waals surface area (Å²) in [6, 6.07) is 12.6. The second-order valence-electron chi connectivity index (χ2n) is 7.08. The average molecular weight is 419 g/mol. The quantitative estimate of drug-likeness (QED) is 0.546. The molecule has 1 atom stereocenters. The van der Waals surface area contributed by atoms with Crippen molar-refractivity contribution in [2.75, 3.05) is 13.2 Å². The maximum absolute atomic E-state index is 14.1. The lowest BCUT2D eigenvalue weighted by molar-refractivity contribution is 0.0937. The Morgan fingerprint density at radius 1 is 1.13 bits per heavy atom. The first-order chi connectivity index (χ1) is 15.1. The van der Waals surface area contributed by atoms with E-state index in [9.17, 15) is 9.18 Å². The van der Waals surface area contributed by atoms with Gasteiger partial charge in [-0.05, 0) is 37.3 Å². The number of carbonyl (C=O) groups is 1. The predicted octanol–water partition coefficient (Wildman–Crippen LogP) is 3.19. The zero-order valence-electron chi connectivity index (χ0n) is 16.6. The van der Waals surface area contributed by atoms with Gasteiger partial charge in [-0.3, -0.25) is 4.79 Å². The molecule has 0 spiro atoms. The summed E-state index contributed by atoms with van der Waals surface area (Å²) in [7, 11) is 0. The van der Waals surface area contributed by atoms with E-state index in [1.54, 1.807) is 49.4 Å². The van der Waals surface area contributed by atoms with Crippen LogP contribution in [0.4, 0.5) is 4.39 Å². The van der Waals surface area contributed by atoms with Crippen LogP contribution in [0.25, 0.3) is 16.9 Å². The lowest BCUT2D eigenvalue weighted by Gasteiger charge is -2.19. The summed E-state index contributed by atoms with van der Waals surface area (Å²) in [5, 5.41) is 7.26. The van der Waals surface area contributed by atoms with Gasteiger partial charge in [-0.2, -0.15) is 0 Å². The van der Waals surface area contributed by atoms with E-state index in [1.165, 1.54) is 16.9 Å². The van der Waals surface area contributed by atoms with Gasteiger partial charge in [0.25, 0.3) is 5.91 Å². The maximum atomic E-state index is 14.1. The Bertz CT molecular complexity index is 1290. The Morgan fingerprint density at radius 3 is 2.77 bits per heavy atom. The summed E-state index contributed by atoms with van der Waals surface area (Å²) in [4.78, 5) is 21.4. The highest BCUT2D eigenvalue weighted by molar-refractivity contribution is 5.95. The summed E-state index contributed by atoms with van der Waals surface area (Å²) in [5.41, 5.74) is 1.79. The van der Waals surface area contributed by atoms with E-state index in [2.05, 4.69) is 20.4 Å². The Labute approximate surface area is 176 Å². The number of ether oxygens (including phenoxy) is 2. The van der Waals surface area contributed by atoms with Gasteiger partial charge in [0.05, 0.1) is 11.7 Å². The van der Waals surface area contributed by atoms with Crippen LogP contribution < -0.4 is 14.8 Å². The fourth-order valence-electron chi connectivity index (χ4n) is 3.34. The molecule has 31 heavy (non-hydrogen) atoms. The van der Waals surface area contributed by atoms with Gasteiger partial charge in [-0.15, -0.1) is 5.10 Å². The number of nitrogens with zero attached hydrogens (tertiary/aromatic N) is 4. The Balaban J connectivity index is 1.36. The molecule has 1 N–H and O–H groups in total. The molecule has 0 bridgehead atoms. The van der Waals surface area contributed by atoms with E-state index < -0.39 is 6.04 Å². The molecular weight excluding hydrogens is 401 g/mol. The highest BCUT2D eigenvalue weighted by Gasteiger charge is 2.19. The van der Waals surface area contributed by atoms with Crippen LogP contribution in [0.3, 0.4) is 0 Å². The minimum absolute atomic E-state index is 0.284. The number of hydrogen-bond donors (Lipinski definition) is 1. The number of rotatable bonds is 4. The van der Waals surface area contributed by atoms with Crippen LogP contribution >= 0.6 is 0 Å². The number of fused-ring (bicyclic) bond motifs is 2. The first-order valence-electron chi connectivity index (χ1n) is 9.76. The first-order valence-corrected chi connectivity index (χ1v) is 9.76. The van der Waals surface area contributed by atoms with Gasteiger partial charge >= 0.3 is 0 Å². The van der Waals surface area contributed by atoms with Crippen LogP contribution in [0.1, 0.15) is 29.1 Å². The maximum Gasteiger partial charge on any atom is 0.252 e. The molecule has 0 saturated heterocycles. The molecule has 3 heterocycles. The summed E-state index contributed by atoms with van der Waals surface area (Å²) < 4.78 is 26.6. The highest BCUT2D eigenvalue weighted by Crippen LogP contribution is 2.31. The normalized spacial score (nSPS) is 13.7. The van der Waals surface area contributed by atoms with E-state index >= 15 is 0 Å². The molecule has 1 aliphatic heterocycles. The fraction of sp³-hybridized carbons (Fsp3) is 0.182. The summed E-state index contributed by atoms with van der Waals surface area (Å²) >= 11 is 0. The third kappa shape index (κ3) is 3.65. The predicted molar refractivity (Wildman–Crippen MR) is 109 cm³/mol. The molecule has 0 radical (unpaired) electrons. The van der Waals surface area contributed by atoms with E-state index in [1.807, 2.05) is 0 Å². The molecule has 156 valence electrons. The van der Waals surface area contributed by atoms with E-state index in [4.69, 9.17) is 9.47 Å². The van der Waals surface area contributed by atoms with Gasteiger partial charge in [0.2, 0.25) is 0 Å². The Morgan fingerprint density at radius 2 is 1.94 bits per heavy atom. The van der Waals surface area contributed by atoms with Gasteiger partial charge in [0, 0.05) is 17.2 Å². The highest BCUT2D eigenvalue weighted by atomic mass is 19.1. The van der Waals surface area contributed by atoms with Crippen molar-refractivity contribution in [3.05, 3.63) is 72.1 Å². The number of nitrogens with one attached hydrogen (secondary N) is 1. The molecule has 0 aliphatic carbocycles. The number of hydrogen-bond acceptors (Lipinski definition) is 6. The number of carbonyl (C=O) groups excluding carboxylic acids is 1. The third-order valence-corrected chi connectivity index (χ3v) is 4.94. The second kappa shape index (κ2) is 7.67. The Kier molecular flexibility index (Phi) is 4.70. The summed E-state index contributed by atoms with van der Waals surface area (Å²) in [5.74, 6) is 0.936. The minimum Gasteiger partial charge on any atom is -0.486 e. The van der Waals surface area contributed by atoms with Crippen molar-refractivity contribution < 1.29 is 18.7 Å². The molecule has 2 aromatic carbocycles. The molecule has 4 aromatic rings. The smallest absolute Gasteiger partial charge is 0.252 e. The SMILES string of the molecule is C[C@@H](NC(=O)c1ccc2c(c1)OCCO2)c1nc2cc(-c3ccccc3F)ncn2n1. The van der Waals surface area contributed by atoms with Crippen LogP contribution in [-0.2, 0) is 0 Å². The van der Waals surface area contributed by atoms with Gasteiger partial charge in [0.1, 0.15) is 25.4 Å². The second-order valence-corrected chi connectivity index (χ2v) is 7.08. The molecule has 2 aromatic heterocycles. The molecule has 8 nitrogen and oxygen atoms in total. The van der Waals surface area contributed by atoms with Crippen LogP contribution in [0.5, 0.6) is 11.5 Å². The van der Waals surface area contributed by atoms with Gasteiger partial charge in [-0.1, -0.05) is 12.1 Å². The largest absolute Gasteiger partial charge is 0.486 e. The van der Waals surface area contributed by atoms with Crippen molar-refractivity contribution >= 4 is 11.6 Å². The van der Waals surface area contributed by atoms with Gasteiger partial charge in [0.15, 0.2) is 23.0 Å². The lowest BCUT2D eigenvalue weighted by atomic mass is 10.1. The van der Waals surface area contributed by atoms with E-state index in [-0.39, 0.29) is 11.7 Å². The van der Waals surface area contributed by atoms with E-state index in [0.717, 1.165) is 0 Å².